The van der Waals surface area contributed by atoms with Crippen LogP contribution in [0.3, 0.4) is 0 Å². The molecule has 0 bridgehead atoms. The highest BCUT2D eigenvalue weighted by Crippen LogP contribution is 2.43. The summed E-state index contributed by atoms with van der Waals surface area (Å²) in [6, 6.07) is 0. The van der Waals surface area contributed by atoms with Gasteiger partial charge in [-0.1, -0.05) is 375 Å². The smallest absolute Gasteiger partial charge is 0.462 e. The van der Waals surface area contributed by atoms with E-state index in [-0.39, 0.29) is 32.6 Å². The van der Waals surface area contributed by atoms with Crippen LogP contribution < -0.4 is 5.73 Å². The third-order valence-electron chi connectivity index (χ3n) is 17.0. The molecule has 0 aromatic heterocycles. The van der Waals surface area contributed by atoms with Crippen LogP contribution in [0.5, 0.6) is 0 Å². The topological polar surface area (TPSA) is 134 Å². The molecule has 0 aliphatic carbocycles. The number of unbranched alkanes of at least 4 members (excludes halogenated alkanes) is 30. The Morgan fingerprint density at radius 2 is 0.515 bits per heavy atom. The predicted molar refractivity (Wildman–Crippen MR) is 440 cm³/mol. The highest BCUT2D eigenvalue weighted by molar-refractivity contribution is 7.47. The Balaban J connectivity index is 3.91. The lowest BCUT2D eigenvalue weighted by Gasteiger charge is -2.19. The number of phosphoric ester groups is 1. The molecule has 0 aliphatic heterocycles. The largest absolute Gasteiger partial charge is 0.472 e. The molecule has 0 rings (SSSR count). The van der Waals surface area contributed by atoms with Crippen molar-refractivity contribution in [3.05, 3.63) is 194 Å². The minimum absolute atomic E-state index is 0.0384. The first-order chi connectivity index (χ1) is 49.8. The zero-order valence-electron chi connectivity index (χ0n) is 64.6. The van der Waals surface area contributed by atoms with E-state index in [9.17, 15) is 19.0 Å². The first kappa shape index (κ1) is 95.8. The van der Waals surface area contributed by atoms with E-state index in [1.54, 1.807) is 0 Å². The summed E-state index contributed by atoms with van der Waals surface area (Å²) < 4.78 is 33.2. The van der Waals surface area contributed by atoms with Crippen LogP contribution in [0, 0.1) is 0 Å². The van der Waals surface area contributed by atoms with Crippen molar-refractivity contribution in [3.8, 4) is 0 Å². The quantitative estimate of drug-likeness (QED) is 0.0264. The fourth-order valence-electron chi connectivity index (χ4n) is 11.0. The molecular formula is C91H150NO8P. The molecule has 0 saturated heterocycles. The van der Waals surface area contributed by atoms with Gasteiger partial charge in [0.1, 0.15) is 6.61 Å². The molecule has 0 aromatic rings. The average Bonchev–Trinajstić information content (AvgIpc) is 1.01. The third kappa shape index (κ3) is 83.7. The van der Waals surface area contributed by atoms with E-state index < -0.39 is 32.5 Å². The Bertz CT molecular complexity index is 2370. The lowest BCUT2D eigenvalue weighted by molar-refractivity contribution is -0.161. The molecule has 3 N–H and O–H groups in total. The second kappa shape index (κ2) is 83.8. The minimum Gasteiger partial charge on any atom is -0.462 e. The normalized spacial score (nSPS) is 13.9. The van der Waals surface area contributed by atoms with Gasteiger partial charge in [-0.15, -0.1) is 0 Å². The summed E-state index contributed by atoms with van der Waals surface area (Å²) in [5.41, 5.74) is 5.41. The van der Waals surface area contributed by atoms with Crippen LogP contribution in [0.25, 0.3) is 0 Å². The minimum atomic E-state index is -4.42. The van der Waals surface area contributed by atoms with Gasteiger partial charge in [0, 0.05) is 19.4 Å². The van der Waals surface area contributed by atoms with Crippen molar-refractivity contribution in [2.45, 2.75) is 341 Å². The van der Waals surface area contributed by atoms with E-state index in [0.29, 0.717) is 6.42 Å². The van der Waals surface area contributed by atoms with Crippen molar-refractivity contribution in [2.24, 2.45) is 5.73 Å². The fraction of sp³-hybridized carbons (Fsp3) is 0.626. The van der Waals surface area contributed by atoms with Crippen LogP contribution in [0.2, 0.25) is 0 Å². The maximum Gasteiger partial charge on any atom is 0.472 e. The highest BCUT2D eigenvalue weighted by atomic mass is 31.2. The zero-order valence-corrected chi connectivity index (χ0v) is 65.5. The molecule has 0 saturated carbocycles. The molecule has 0 spiro atoms. The Labute approximate surface area is 621 Å². The Kier molecular flexibility index (Phi) is 79.5. The number of carbonyl (C=O) groups is 2. The summed E-state index contributed by atoms with van der Waals surface area (Å²) in [6.07, 6.45) is 127. The second-order valence-electron chi connectivity index (χ2n) is 26.5. The van der Waals surface area contributed by atoms with Gasteiger partial charge in [-0.05, 0) is 141 Å². The van der Waals surface area contributed by atoms with Crippen LogP contribution in [0.4, 0.5) is 0 Å². The molecule has 101 heavy (non-hydrogen) atoms. The van der Waals surface area contributed by atoms with Crippen molar-refractivity contribution in [1.82, 2.24) is 0 Å². The second-order valence-corrected chi connectivity index (χ2v) is 28.0. The molecule has 0 radical (unpaired) electrons. The molecule has 0 amide bonds. The van der Waals surface area contributed by atoms with Gasteiger partial charge in [0.05, 0.1) is 13.2 Å². The van der Waals surface area contributed by atoms with Crippen molar-refractivity contribution in [3.63, 3.8) is 0 Å². The zero-order chi connectivity index (χ0) is 72.9. The summed E-state index contributed by atoms with van der Waals surface area (Å²) in [4.78, 5) is 35.4. The number of nitrogens with two attached hydrogens (primary N) is 1. The molecule has 0 aliphatic rings. The van der Waals surface area contributed by atoms with Crippen molar-refractivity contribution in [2.75, 3.05) is 26.4 Å². The van der Waals surface area contributed by atoms with Gasteiger partial charge in [-0.2, -0.15) is 0 Å². The summed E-state index contributed by atoms with van der Waals surface area (Å²) >= 11 is 0. The number of carbonyl (C=O) groups excluding carboxylic acids is 2. The van der Waals surface area contributed by atoms with Crippen LogP contribution in [-0.2, 0) is 32.7 Å². The average molecular weight is 1420 g/mol. The number of ether oxygens (including phenoxy) is 2. The Morgan fingerprint density at radius 1 is 0.297 bits per heavy atom. The Hall–Kier alpha value is -5.15. The fourth-order valence-corrected chi connectivity index (χ4v) is 11.8. The van der Waals surface area contributed by atoms with Gasteiger partial charge in [0.15, 0.2) is 6.10 Å². The summed E-state index contributed by atoms with van der Waals surface area (Å²) in [5.74, 6) is -0.880. The molecule has 0 heterocycles. The molecular weight excluding hydrogens is 1270 g/mol. The van der Waals surface area contributed by atoms with Crippen LogP contribution in [-0.4, -0.2) is 49.3 Å². The molecule has 9 nitrogen and oxygen atoms in total. The van der Waals surface area contributed by atoms with Crippen LogP contribution in [0.15, 0.2) is 194 Å². The lowest BCUT2D eigenvalue weighted by atomic mass is 10.0. The summed E-state index contributed by atoms with van der Waals surface area (Å²) in [5, 5.41) is 0. The lowest BCUT2D eigenvalue weighted by Crippen LogP contribution is -2.29. The molecule has 2 unspecified atom stereocenters. The van der Waals surface area contributed by atoms with Crippen LogP contribution in [0.1, 0.15) is 335 Å². The van der Waals surface area contributed by atoms with Crippen molar-refractivity contribution < 1.29 is 37.6 Å². The van der Waals surface area contributed by atoms with E-state index >= 15 is 0 Å². The Morgan fingerprint density at radius 3 is 0.782 bits per heavy atom. The van der Waals surface area contributed by atoms with Crippen LogP contribution >= 0.6 is 7.82 Å². The SMILES string of the molecule is CC/C=C\C/C=C\C/C=C\C/C=C\C/C=C\C/C=C\C/C=C\C/C=C\C/C=C\C/C=C\C/C=C\C/C=C\CCCCC(=O)OC(COC(=O)CCCCCCCCCCCCCCCCCCCCCCCCCCCCCC/C=C\C/C=C\C/C=C\C/C=C\CC)COP(=O)(O)OCCN. The van der Waals surface area contributed by atoms with Crippen molar-refractivity contribution >= 4 is 19.8 Å². The van der Waals surface area contributed by atoms with Crippen molar-refractivity contribution in [1.29, 1.82) is 0 Å². The van der Waals surface area contributed by atoms with E-state index in [0.717, 1.165) is 135 Å². The van der Waals surface area contributed by atoms with Gasteiger partial charge in [-0.3, -0.25) is 18.6 Å². The van der Waals surface area contributed by atoms with Gasteiger partial charge in [0.2, 0.25) is 0 Å². The van der Waals surface area contributed by atoms with Gasteiger partial charge < -0.3 is 20.1 Å². The maximum absolute atomic E-state index is 12.8. The van der Waals surface area contributed by atoms with Gasteiger partial charge in [-0.25, -0.2) is 4.57 Å². The van der Waals surface area contributed by atoms with E-state index in [1.165, 1.54) is 167 Å². The molecule has 572 valence electrons. The monoisotopic (exact) mass is 1420 g/mol. The highest BCUT2D eigenvalue weighted by Gasteiger charge is 2.26. The third-order valence-corrected chi connectivity index (χ3v) is 18.0. The molecule has 0 fully saturated rings. The molecule has 2 atom stereocenters. The number of phosphoric acid groups is 1. The molecule has 10 heteroatoms. The number of hydrogen-bond acceptors (Lipinski definition) is 8. The van der Waals surface area contributed by atoms with Gasteiger partial charge >= 0.3 is 19.8 Å². The first-order valence-corrected chi connectivity index (χ1v) is 42.4. The standard InChI is InChI=1S/C91H150NO8P/c1-3-5-7-9-11-13-15-17-19-21-23-25-27-29-31-33-35-37-39-41-43-44-46-47-49-51-53-55-57-59-61-63-65-67-69-71-73-75-77-79-81-83-90(93)97-87-89(88-99-101(95,96)98-86-85-92)100-91(94)84-82-80-78-76-74-72-70-68-66-64-62-60-58-56-54-52-50-48-45-42-40-38-36-34-32-30-28-26-24-22-20-18-16-14-12-10-8-6-4-2/h5-8,11-14,17-20,23-26,30,32,36,38,42,45,50,52,56,58,62,64,68,70,74,76,89H,3-4,9-10,15-16,21-22,27-29,31,33-35,37,39-41,43-44,46-49,51,53-55,57,59-61,63,65-67,69,71-73,75,77-88,92H2,1-2H3,(H,95,96)/b7-5-,8-6-,13-11-,14-12-,19-17-,20-18-,25-23-,26-24-,32-30-,38-36-,45-42-,52-50-,58-56-,64-62-,70-68-,76-74-. The predicted octanol–water partition coefficient (Wildman–Crippen LogP) is 28.0. The number of rotatable bonds is 75. The number of allylic oxidation sites excluding steroid dienone is 32. The van der Waals surface area contributed by atoms with E-state index in [1.807, 2.05) is 0 Å². The number of esters is 2. The molecule has 0 aromatic carbocycles. The number of hydrogen-bond donors (Lipinski definition) is 2. The maximum atomic E-state index is 12.8. The van der Waals surface area contributed by atoms with E-state index in [2.05, 4.69) is 208 Å². The van der Waals surface area contributed by atoms with Gasteiger partial charge in [0.25, 0.3) is 0 Å². The summed E-state index contributed by atoms with van der Waals surface area (Å²) in [7, 11) is -4.42. The van der Waals surface area contributed by atoms with E-state index in [4.69, 9.17) is 24.3 Å². The summed E-state index contributed by atoms with van der Waals surface area (Å²) in [6.45, 7) is 3.48. The first-order valence-electron chi connectivity index (χ1n) is 40.9.